The normalized spacial score (nSPS) is 10.1. The molecule has 1 aromatic carbocycles. The zero-order chi connectivity index (χ0) is 11.8. The molecule has 3 nitrogen and oxygen atoms in total. The van der Waals surface area contributed by atoms with Crippen LogP contribution in [0.1, 0.15) is 31.7 Å². The summed E-state index contributed by atoms with van der Waals surface area (Å²) in [5, 5.41) is 11.6. The highest BCUT2D eigenvalue weighted by atomic mass is 16.4. The number of hydrogen-bond donors (Lipinski definition) is 2. The molecule has 2 N–H and O–H groups in total. The van der Waals surface area contributed by atoms with Crippen LogP contribution in [0.2, 0.25) is 0 Å². The minimum absolute atomic E-state index is 0.0230. The lowest BCUT2D eigenvalue weighted by atomic mass is 10.1. The number of aryl methyl sites for hydroxylation is 1. The maximum atomic E-state index is 10.5. The monoisotopic (exact) mass is 221 g/mol. The second-order valence-corrected chi connectivity index (χ2v) is 3.86. The topological polar surface area (TPSA) is 49.3 Å². The molecule has 0 amide bonds. The van der Waals surface area contributed by atoms with Gasteiger partial charge in [-0.1, -0.05) is 38.0 Å². The predicted octanol–water partition coefficient (Wildman–Crippen LogP) is 2.92. The average molecular weight is 221 g/mol. The summed E-state index contributed by atoms with van der Waals surface area (Å²) in [6, 6.07) is 7.91. The molecule has 0 saturated carbocycles. The van der Waals surface area contributed by atoms with Gasteiger partial charge < -0.3 is 10.4 Å². The molecule has 3 heteroatoms. The number of carboxylic acid groups (broad SMARTS) is 1. The van der Waals surface area contributed by atoms with Gasteiger partial charge >= 0.3 is 5.97 Å². The van der Waals surface area contributed by atoms with Crippen molar-refractivity contribution < 1.29 is 9.90 Å². The molecule has 0 aromatic heterocycles. The zero-order valence-electron chi connectivity index (χ0n) is 9.70. The number of benzene rings is 1. The summed E-state index contributed by atoms with van der Waals surface area (Å²) < 4.78 is 0. The van der Waals surface area contributed by atoms with E-state index in [1.807, 2.05) is 18.2 Å². The van der Waals surface area contributed by atoms with Crippen LogP contribution in [-0.4, -0.2) is 17.6 Å². The van der Waals surface area contributed by atoms with Crippen molar-refractivity contribution >= 4 is 11.7 Å². The third kappa shape index (κ3) is 4.34. The van der Waals surface area contributed by atoms with Gasteiger partial charge in [0.1, 0.15) is 6.54 Å². The highest BCUT2D eigenvalue weighted by molar-refractivity contribution is 5.73. The molecule has 0 atom stereocenters. The van der Waals surface area contributed by atoms with Gasteiger partial charge in [-0.15, -0.1) is 0 Å². The molecular formula is C13H19NO2. The first-order chi connectivity index (χ1) is 7.74. The molecule has 0 bridgehead atoms. The van der Waals surface area contributed by atoms with E-state index in [0.29, 0.717) is 0 Å². The number of carbonyl (C=O) groups is 1. The van der Waals surface area contributed by atoms with Gasteiger partial charge in [-0.25, -0.2) is 0 Å². The van der Waals surface area contributed by atoms with Crippen LogP contribution in [0.3, 0.4) is 0 Å². The number of nitrogens with one attached hydrogen (secondary N) is 1. The third-order valence-electron chi connectivity index (χ3n) is 2.50. The van der Waals surface area contributed by atoms with E-state index in [1.165, 1.54) is 18.4 Å². The van der Waals surface area contributed by atoms with Gasteiger partial charge in [0.25, 0.3) is 0 Å². The third-order valence-corrected chi connectivity index (χ3v) is 2.50. The summed E-state index contributed by atoms with van der Waals surface area (Å²) in [4.78, 5) is 10.5. The first-order valence-corrected chi connectivity index (χ1v) is 5.77. The Hall–Kier alpha value is -1.51. The van der Waals surface area contributed by atoms with Crippen LogP contribution in [-0.2, 0) is 11.2 Å². The molecule has 1 aromatic rings. The Labute approximate surface area is 96.5 Å². The van der Waals surface area contributed by atoms with E-state index < -0.39 is 5.97 Å². The molecule has 0 aliphatic carbocycles. The van der Waals surface area contributed by atoms with E-state index in [4.69, 9.17) is 5.11 Å². The second-order valence-electron chi connectivity index (χ2n) is 3.86. The van der Waals surface area contributed by atoms with Crippen molar-refractivity contribution in [2.45, 2.75) is 32.6 Å². The molecule has 1 rings (SSSR count). The highest BCUT2D eigenvalue weighted by Gasteiger charge is 2.02. The van der Waals surface area contributed by atoms with Crippen LogP contribution < -0.4 is 5.32 Å². The minimum atomic E-state index is -0.830. The van der Waals surface area contributed by atoms with Crippen molar-refractivity contribution in [3.05, 3.63) is 29.8 Å². The second kappa shape index (κ2) is 6.88. The molecular weight excluding hydrogens is 202 g/mol. The van der Waals surface area contributed by atoms with Crippen LogP contribution >= 0.6 is 0 Å². The maximum absolute atomic E-state index is 10.5. The summed E-state index contributed by atoms with van der Waals surface area (Å²) in [5.41, 5.74) is 2.15. The lowest BCUT2D eigenvalue weighted by Crippen LogP contribution is -2.13. The molecule has 0 aliphatic rings. The van der Waals surface area contributed by atoms with Crippen molar-refractivity contribution in [2.75, 3.05) is 11.9 Å². The highest BCUT2D eigenvalue weighted by Crippen LogP contribution is 2.17. The lowest BCUT2D eigenvalue weighted by Gasteiger charge is -2.10. The summed E-state index contributed by atoms with van der Waals surface area (Å²) in [6.07, 6.45) is 4.58. The number of anilines is 1. The molecule has 0 fully saturated rings. The van der Waals surface area contributed by atoms with Crippen LogP contribution in [0.15, 0.2) is 24.3 Å². The van der Waals surface area contributed by atoms with Crippen molar-refractivity contribution in [3.63, 3.8) is 0 Å². The smallest absolute Gasteiger partial charge is 0.322 e. The Morgan fingerprint density at radius 1 is 1.31 bits per heavy atom. The fourth-order valence-electron chi connectivity index (χ4n) is 1.65. The zero-order valence-corrected chi connectivity index (χ0v) is 9.70. The standard InChI is InChI=1S/C13H19NO2/c1-2-3-4-7-11-8-5-6-9-12(11)14-10-13(15)16/h5-6,8-9,14H,2-4,7,10H2,1H3,(H,15,16). The molecule has 0 unspecified atom stereocenters. The number of para-hydroxylation sites is 1. The van der Waals surface area contributed by atoms with Gasteiger partial charge in [-0.05, 0) is 24.5 Å². The van der Waals surface area contributed by atoms with Gasteiger partial charge in [-0.3, -0.25) is 4.79 Å². The van der Waals surface area contributed by atoms with Crippen LogP contribution in [0.25, 0.3) is 0 Å². The van der Waals surface area contributed by atoms with Gasteiger partial charge in [-0.2, -0.15) is 0 Å². The molecule has 88 valence electrons. The van der Waals surface area contributed by atoms with Gasteiger partial charge in [0.15, 0.2) is 0 Å². The summed E-state index contributed by atoms with van der Waals surface area (Å²) in [5.74, 6) is -0.830. The molecule has 0 saturated heterocycles. The first-order valence-electron chi connectivity index (χ1n) is 5.77. The maximum Gasteiger partial charge on any atom is 0.322 e. The minimum Gasteiger partial charge on any atom is -0.480 e. The Morgan fingerprint density at radius 2 is 2.06 bits per heavy atom. The molecule has 0 heterocycles. The van der Waals surface area contributed by atoms with E-state index in [-0.39, 0.29) is 6.54 Å². The first kappa shape index (κ1) is 12.6. The van der Waals surface area contributed by atoms with E-state index in [9.17, 15) is 4.79 Å². The molecule has 0 radical (unpaired) electrons. The number of rotatable bonds is 7. The Kier molecular flexibility index (Phi) is 5.40. The number of carboxylic acids is 1. The summed E-state index contributed by atoms with van der Waals surface area (Å²) >= 11 is 0. The van der Waals surface area contributed by atoms with Crippen LogP contribution in [0, 0.1) is 0 Å². The molecule has 0 spiro atoms. The Bertz CT molecular complexity index is 336. The van der Waals surface area contributed by atoms with E-state index in [1.54, 1.807) is 0 Å². The fourth-order valence-corrected chi connectivity index (χ4v) is 1.65. The van der Waals surface area contributed by atoms with Crippen molar-refractivity contribution in [1.82, 2.24) is 0 Å². The molecule has 0 aliphatic heterocycles. The summed E-state index contributed by atoms with van der Waals surface area (Å²) in [6.45, 7) is 2.15. The molecule has 16 heavy (non-hydrogen) atoms. The lowest BCUT2D eigenvalue weighted by molar-refractivity contribution is -0.134. The SMILES string of the molecule is CCCCCc1ccccc1NCC(=O)O. The van der Waals surface area contributed by atoms with E-state index >= 15 is 0 Å². The summed E-state index contributed by atoms with van der Waals surface area (Å²) in [7, 11) is 0. The quantitative estimate of drug-likeness (QED) is 0.696. The largest absolute Gasteiger partial charge is 0.480 e. The number of hydrogen-bond acceptors (Lipinski definition) is 2. The van der Waals surface area contributed by atoms with Crippen molar-refractivity contribution in [1.29, 1.82) is 0 Å². The van der Waals surface area contributed by atoms with Crippen molar-refractivity contribution in [3.8, 4) is 0 Å². The van der Waals surface area contributed by atoms with Crippen LogP contribution in [0.4, 0.5) is 5.69 Å². The average Bonchev–Trinajstić information content (AvgIpc) is 2.28. The Morgan fingerprint density at radius 3 is 2.75 bits per heavy atom. The van der Waals surface area contributed by atoms with E-state index in [0.717, 1.165) is 18.5 Å². The van der Waals surface area contributed by atoms with Gasteiger partial charge in [0, 0.05) is 5.69 Å². The van der Waals surface area contributed by atoms with E-state index in [2.05, 4.69) is 18.3 Å². The van der Waals surface area contributed by atoms with Crippen LogP contribution in [0.5, 0.6) is 0 Å². The van der Waals surface area contributed by atoms with Gasteiger partial charge in [0.2, 0.25) is 0 Å². The predicted molar refractivity (Wildman–Crippen MR) is 65.8 cm³/mol. The van der Waals surface area contributed by atoms with Crippen molar-refractivity contribution in [2.24, 2.45) is 0 Å². The number of aliphatic carboxylic acids is 1. The number of unbranched alkanes of at least 4 members (excludes halogenated alkanes) is 2. The van der Waals surface area contributed by atoms with Gasteiger partial charge in [0.05, 0.1) is 0 Å². The fraction of sp³-hybridized carbons (Fsp3) is 0.462. The Balaban J connectivity index is 2.56.